The summed E-state index contributed by atoms with van der Waals surface area (Å²) in [4.78, 5) is 10.2. The number of nitrogens with zero attached hydrogens (tertiary/aromatic N) is 3. The fraction of sp³-hybridized carbons (Fsp3) is 0.100. The van der Waals surface area contributed by atoms with E-state index >= 15 is 0 Å². The number of nitro benzene ring substituents is 1. The molecular formula is C10H8BrFN4O2. The lowest BCUT2D eigenvalue weighted by atomic mass is 10.2. The van der Waals surface area contributed by atoms with Crippen LogP contribution >= 0.6 is 15.9 Å². The van der Waals surface area contributed by atoms with Gasteiger partial charge in [0.1, 0.15) is 11.5 Å². The van der Waals surface area contributed by atoms with E-state index in [0.29, 0.717) is 5.82 Å². The van der Waals surface area contributed by atoms with E-state index in [-0.39, 0.29) is 15.8 Å². The zero-order chi connectivity index (χ0) is 13.3. The number of rotatable bonds is 3. The highest BCUT2D eigenvalue weighted by Crippen LogP contribution is 2.32. The molecule has 0 amide bonds. The van der Waals surface area contributed by atoms with Crippen molar-refractivity contribution in [3.63, 3.8) is 0 Å². The summed E-state index contributed by atoms with van der Waals surface area (Å²) in [6, 6.07) is 3.82. The third kappa shape index (κ3) is 2.48. The number of hydrogen-bond donors (Lipinski definition) is 1. The number of aromatic nitrogens is 2. The zero-order valence-corrected chi connectivity index (χ0v) is 10.8. The van der Waals surface area contributed by atoms with Crippen LogP contribution in [-0.4, -0.2) is 14.7 Å². The van der Waals surface area contributed by atoms with E-state index < -0.39 is 10.7 Å². The molecule has 1 N–H and O–H groups in total. The van der Waals surface area contributed by atoms with Gasteiger partial charge in [-0.3, -0.25) is 14.8 Å². The monoisotopic (exact) mass is 314 g/mol. The van der Waals surface area contributed by atoms with Gasteiger partial charge in [-0.15, -0.1) is 0 Å². The van der Waals surface area contributed by atoms with Crippen LogP contribution in [0.25, 0.3) is 0 Å². The molecule has 0 unspecified atom stereocenters. The molecule has 6 nitrogen and oxygen atoms in total. The van der Waals surface area contributed by atoms with Gasteiger partial charge in [0.2, 0.25) is 0 Å². The van der Waals surface area contributed by atoms with Crippen LogP contribution < -0.4 is 5.32 Å². The fourth-order valence-electron chi connectivity index (χ4n) is 1.41. The van der Waals surface area contributed by atoms with Crippen molar-refractivity contribution in [3.05, 3.63) is 44.8 Å². The molecule has 0 aliphatic carbocycles. The molecule has 0 bridgehead atoms. The molecule has 94 valence electrons. The van der Waals surface area contributed by atoms with Crippen molar-refractivity contribution in [1.82, 2.24) is 9.78 Å². The average Bonchev–Trinajstić information content (AvgIpc) is 2.68. The molecule has 18 heavy (non-hydrogen) atoms. The molecule has 0 saturated heterocycles. The highest BCUT2D eigenvalue weighted by molar-refractivity contribution is 9.10. The number of nitro groups is 1. The number of benzene rings is 1. The predicted molar refractivity (Wildman–Crippen MR) is 67.2 cm³/mol. The summed E-state index contributed by atoms with van der Waals surface area (Å²) in [6.45, 7) is 0. The Hall–Kier alpha value is -1.96. The molecular weight excluding hydrogens is 307 g/mol. The molecule has 0 saturated carbocycles. The Kier molecular flexibility index (Phi) is 3.28. The van der Waals surface area contributed by atoms with Crippen molar-refractivity contribution in [2.45, 2.75) is 0 Å². The van der Waals surface area contributed by atoms with Gasteiger partial charge in [-0.1, -0.05) is 0 Å². The van der Waals surface area contributed by atoms with E-state index in [4.69, 9.17) is 0 Å². The highest BCUT2D eigenvalue weighted by Gasteiger charge is 2.18. The molecule has 1 aromatic carbocycles. The second-order valence-electron chi connectivity index (χ2n) is 3.54. The molecule has 1 heterocycles. The minimum Gasteiger partial charge on any atom is -0.333 e. The van der Waals surface area contributed by atoms with Crippen molar-refractivity contribution in [3.8, 4) is 0 Å². The lowest BCUT2D eigenvalue weighted by Gasteiger charge is -2.05. The van der Waals surface area contributed by atoms with Gasteiger partial charge in [0.15, 0.2) is 5.82 Å². The van der Waals surface area contributed by atoms with Gasteiger partial charge < -0.3 is 5.32 Å². The first kappa shape index (κ1) is 12.5. The fourth-order valence-corrected chi connectivity index (χ4v) is 1.75. The van der Waals surface area contributed by atoms with Gasteiger partial charge in [0, 0.05) is 19.3 Å². The van der Waals surface area contributed by atoms with Crippen molar-refractivity contribution >= 4 is 33.1 Å². The molecule has 1 aromatic heterocycles. The van der Waals surface area contributed by atoms with Crippen molar-refractivity contribution < 1.29 is 9.31 Å². The number of anilines is 2. The van der Waals surface area contributed by atoms with E-state index in [1.807, 2.05) is 0 Å². The van der Waals surface area contributed by atoms with Crippen molar-refractivity contribution in [1.29, 1.82) is 0 Å². The van der Waals surface area contributed by atoms with Crippen molar-refractivity contribution in [2.24, 2.45) is 7.05 Å². The summed E-state index contributed by atoms with van der Waals surface area (Å²) in [7, 11) is 1.72. The first-order valence-corrected chi connectivity index (χ1v) is 5.67. The van der Waals surface area contributed by atoms with Gasteiger partial charge in [-0.05, 0) is 22.0 Å². The van der Waals surface area contributed by atoms with Crippen LogP contribution in [-0.2, 0) is 7.05 Å². The third-order valence-electron chi connectivity index (χ3n) is 2.21. The number of halogens is 2. The summed E-state index contributed by atoms with van der Waals surface area (Å²) in [5.74, 6) is -0.243. The lowest BCUT2D eigenvalue weighted by molar-refractivity contribution is -0.384. The van der Waals surface area contributed by atoms with E-state index in [9.17, 15) is 14.5 Å². The largest absolute Gasteiger partial charge is 0.333 e. The van der Waals surface area contributed by atoms with Crippen LogP contribution in [0.2, 0.25) is 0 Å². The summed E-state index contributed by atoms with van der Waals surface area (Å²) in [5, 5.41) is 17.6. The van der Waals surface area contributed by atoms with Gasteiger partial charge in [0.25, 0.3) is 5.69 Å². The molecule has 0 spiro atoms. The summed E-state index contributed by atoms with van der Waals surface area (Å²) < 4.78 is 15.0. The molecule has 2 aromatic rings. The van der Waals surface area contributed by atoms with Crippen LogP contribution in [0.4, 0.5) is 21.6 Å². The summed E-state index contributed by atoms with van der Waals surface area (Å²) >= 11 is 2.98. The molecule has 0 fully saturated rings. The smallest absolute Gasteiger partial charge is 0.295 e. The van der Waals surface area contributed by atoms with Crippen LogP contribution in [0.15, 0.2) is 28.9 Å². The lowest BCUT2D eigenvalue weighted by Crippen LogP contribution is -1.99. The second-order valence-corrected chi connectivity index (χ2v) is 4.39. The van der Waals surface area contributed by atoms with Crippen LogP contribution in [0, 0.1) is 15.9 Å². The van der Waals surface area contributed by atoms with E-state index in [1.54, 1.807) is 24.0 Å². The van der Waals surface area contributed by atoms with Gasteiger partial charge in [0.05, 0.1) is 15.5 Å². The van der Waals surface area contributed by atoms with Crippen LogP contribution in [0.1, 0.15) is 0 Å². The average molecular weight is 315 g/mol. The Morgan fingerprint density at radius 2 is 2.28 bits per heavy atom. The van der Waals surface area contributed by atoms with Crippen molar-refractivity contribution in [2.75, 3.05) is 5.32 Å². The Labute approximate surface area is 110 Å². The predicted octanol–water partition coefficient (Wildman–Crippen LogP) is 2.97. The minimum absolute atomic E-state index is 0.145. The molecule has 0 atom stereocenters. The number of aryl methyl sites for hydroxylation is 1. The van der Waals surface area contributed by atoms with Crippen LogP contribution in [0.3, 0.4) is 0 Å². The summed E-state index contributed by atoms with van der Waals surface area (Å²) in [6.07, 6.45) is 1.69. The Morgan fingerprint density at radius 1 is 1.56 bits per heavy atom. The first-order chi connectivity index (χ1) is 8.47. The molecule has 8 heteroatoms. The topological polar surface area (TPSA) is 73.0 Å². The van der Waals surface area contributed by atoms with Gasteiger partial charge in [-0.2, -0.15) is 5.10 Å². The zero-order valence-electron chi connectivity index (χ0n) is 9.22. The second kappa shape index (κ2) is 4.73. The third-order valence-corrected chi connectivity index (χ3v) is 2.82. The van der Waals surface area contributed by atoms with Crippen LogP contribution in [0.5, 0.6) is 0 Å². The Bertz CT molecular complexity index is 614. The Morgan fingerprint density at radius 3 is 2.83 bits per heavy atom. The minimum atomic E-state index is -0.687. The Balaban J connectivity index is 2.42. The van der Waals surface area contributed by atoms with E-state index in [2.05, 4.69) is 26.3 Å². The summed E-state index contributed by atoms with van der Waals surface area (Å²) in [5.41, 5.74) is -0.173. The van der Waals surface area contributed by atoms with E-state index in [1.165, 1.54) is 6.07 Å². The van der Waals surface area contributed by atoms with E-state index in [0.717, 1.165) is 6.07 Å². The highest BCUT2D eigenvalue weighted by atomic mass is 79.9. The molecule has 0 aliphatic rings. The maximum Gasteiger partial charge on any atom is 0.295 e. The first-order valence-electron chi connectivity index (χ1n) is 4.87. The van der Waals surface area contributed by atoms with Gasteiger partial charge >= 0.3 is 0 Å². The maximum atomic E-state index is 13.3. The van der Waals surface area contributed by atoms with Gasteiger partial charge in [-0.25, -0.2) is 4.39 Å². The SMILES string of the molecule is Cn1ccc(Nc2cc(Br)c(F)cc2[N+](=O)[O-])n1. The normalized spacial score (nSPS) is 10.4. The number of hydrogen-bond acceptors (Lipinski definition) is 4. The molecule has 0 aliphatic heterocycles. The molecule has 2 rings (SSSR count). The number of nitrogens with one attached hydrogen (secondary N) is 1. The quantitative estimate of drug-likeness (QED) is 0.698. The maximum absolute atomic E-state index is 13.3. The standard InChI is InChI=1S/C10H8BrFN4O2/c1-15-3-2-10(14-15)13-8-4-6(11)7(12)5-9(8)16(17)18/h2-5H,1H3,(H,13,14). The molecule has 0 radical (unpaired) electrons.